The van der Waals surface area contributed by atoms with Crippen LogP contribution in [0.4, 0.5) is 0 Å². The highest BCUT2D eigenvalue weighted by Crippen LogP contribution is 2.16. The van der Waals surface area contributed by atoms with E-state index >= 15 is 0 Å². The average molecular weight is 388 g/mol. The lowest BCUT2D eigenvalue weighted by Gasteiger charge is -2.09. The van der Waals surface area contributed by atoms with E-state index < -0.39 is 10.0 Å². The van der Waals surface area contributed by atoms with E-state index in [2.05, 4.69) is 0 Å². The first-order valence-corrected chi connectivity index (χ1v) is 9.93. The van der Waals surface area contributed by atoms with E-state index in [4.69, 9.17) is 14.6 Å². The molecule has 0 aliphatic heterocycles. The molecular weight excluding hydrogens is 368 g/mol. The fourth-order valence-corrected chi connectivity index (χ4v) is 3.18. The fraction of sp³-hybridized carbons (Fsp3) is 0.211. The maximum atomic E-state index is 11.9. The Morgan fingerprint density at radius 3 is 2.48 bits per heavy atom. The van der Waals surface area contributed by atoms with Gasteiger partial charge in [-0.1, -0.05) is 18.2 Å². The topological polar surface area (TPSA) is 101 Å². The first-order chi connectivity index (χ1) is 12.9. The summed E-state index contributed by atoms with van der Waals surface area (Å²) in [5, 5.41) is 6.16. The van der Waals surface area contributed by atoms with E-state index in [-0.39, 0.29) is 30.5 Å². The number of aromatic nitrogens is 1. The zero-order valence-electron chi connectivity index (χ0n) is 14.6. The Bertz CT molecular complexity index is 1030. The number of nitrogens with two attached hydrogens (primary N) is 1. The van der Waals surface area contributed by atoms with Crippen LogP contribution in [-0.4, -0.2) is 32.2 Å². The van der Waals surface area contributed by atoms with Gasteiger partial charge in [-0.25, -0.2) is 13.6 Å². The summed E-state index contributed by atoms with van der Waals surface area (Å²) in [5.41, 5.74) is 1.08. The second kappa shape index (κ2) is 8.24. The fourth-order valence-electron chi connectivity index (χ4n) is 2.66. The molecule has 0 spiro atoms. The van der Waals surface area contributed by atoms with Gasteiger partial charge in [-0.3, -0.25) is 4.79 Å². The Labute approximate surface area is 157 Å². The molecule has 1 heterocycles. The lowest BCUT2D eigenvalue weighted by molar-refractivity contribution is -0.144. The standard InChI is InChI=1S/C19H20N2O5S/c20-27(23,24)17-7-5-16(6-8-17)25-13-14-26-19(22)10-12-21-11-9-15-3-1-2-4-18(15)21/h1-9,11H,10,12-14H2,(H2,20,23,24). The van der Waals surface area contributed by atoms with Crippen molar-refractivity contribution in [2.24, 2.45) is 5.14 Å². The van der Waals surface area contributed by atoms with E-state index in [1.165, 1.54) is 24.3 Å². The molecule has 27 heavy (non-hydrogen) atoms. The Morgan fingerprint density at radius 2 is 1.74 bits per heavy atom. The number of rotatable bonds is 8. The van der Waals surface area contributed by atoms with E-state index in [9.17, 15) is 13.2 Å². The van der Waals surface area contributed by atoms with Gasteiger partial charge in [0.05, 0.1) is 11.3 Å². The number of para-hydroxylation sites is 1. The maximum absolute atomic E-state index is 11.9. The molecule has 0 amide bonds. The van der Waals surface area contributed by atoms with Crippen molar-refractivity contribution >= 4 is 26.9 Å². The average Bonchev–Trinajstić information content (AvgIpc) is 3.06. The van der Waals surface area contributed by atoms with Crippen molar-refractivity contribution in [3.8, 4) is 5.75 Å². The molecule has 0 unspecified atom stereocenters. The molecule has 8 heteroatoms. The number of aryl methyl sites for hydroxylation is 1. The number of benzene rings is 2. The van der Waals surface area contributed by atoms with Gasteiger partial charge in [-0.05, 0) is 41.8 Å². The molecule has 0 saturated carbocycles. The largest absolute Gasteiger partial charge is 0.490 e. The molecule has 1 aromatic heterocycles. The van der Waals surface area contributed by atoms with E-state index in [0.29, 0.717) is 12.3 Å². The van der Waals surface area contributed by atoms with Crippen LogP contribution >= 0.6 is 0 Å². The van der Waals surface area contributed by atoms with Gasteiger partial charge in [0.2, 0.25) is 10.0 Å². The highest BCUT2D eigenvalue weighted by Gasteiger charge is 2.08. The second-order valence-electron chi connectivity index (χ2n) is 5.90. The van der Waals surface area contributed by atoms with Crippen LogP contribution in [0.3, 0.4) is 0 Å². The molecule has 0 bridgehead atoms. The van der Waals surface area contributed by atoms with Gasteiger partial charge < -0.3 is 14.0 Å². The minimum atomic E-state index is -3.72. The van der Waals surface area contributed by atoms with Crippen molar-refractivity contribution in [1.29, 1.82) is 0 Å². The van der Waals surface area contributed by atoms with Gasteiger partial charge in [-0.2, -0.15) is 0 Å². The molecule has 0 aliphatic rings. The van der Waals surface area contributed by atoms with E-state index in [1.54, 1.807) is 0 Å². The van der Waals surface area contributed by atoms with Crippen molar-refractivity contribution in [3.63, 3.8) is 0 Å². The number of esters is 1. The van der Waals surface area contributed by atoms with Crippen LogP contribution in [0.2, 0.25) is 0 Å². The minimum Gasteiger partial charge on any atom is -0.490 e. The van der Waals surface area contributed by atoms with Crippen LogP contribution in [-0.2, 0) is 26.1 Å². The molecule has 0 aliphatic carbocycles. The summed E-state index contributed by atoms with van der Waals surface area (Å²) >= 11 is 0. The molecule has 2 N–H and O–H groups in total. The highest BCUT2D eigenvalue weighted by atomic mass is 32.2. The van der Waals surface area contributed by atoms with Gasteiger partial charge in [0.1, 0.15) is 19.0 Å². The number of nitrogens with zero attached hydrogens (tertiary/aromatic N) is 1. The third-order valence-corrected chi connectivity index (χ3v) is 4.93. The van der Waals surface area contributed by atoms with Crippen LogP contribution < -0.4 is 9.88 Å². The summed E-state index contributed by atoms with van der Waals surface area (Å²) in [6.45, 7) is 0.831. The monoisotopic (exact) mass is 388 g/mol. The van der Waals surface area contributed by atoms with Crippen LogP contribution in [0.1, 0.15) is 6.42 Å². The molecule has 0 atom stereocenters. The first kappa shape index (κ1) is 18.9. The summed E-state index contributed by atoms with van der Waals surface area (Å²) in [5.74, 6) is 0.165. The number of carbonyl (C=O) groups excluding carboxylic acids is 1. The summed E-state index contributed by atoms with van der Waals surface area (Å²) in [6.07, 6.45) is 2.22. The van der Waals surface area contributed by atoms with Crippen molar-refractivity contribution in [3.05, 3.63) is 60.8 Å². The summed E-state index contributed by atoms with van der Waals surface area (Å²) in [6, 6.07) is 15.7. The summed E-state index contributed by atoms with van der Waals surface area (Å²) < 4.78 is 34.9. The predicted octanol–water partition coefficient (Wildman–Crippen LogP) is 2.30. The summed E-state index contributed by atoms with van der Waals surface area (Å²) in [4.78, 5) is 11.9. The van der Waals surface area contributed by atoms with Gasteiger partial charge >= 0.3 is 5.97 Å². The lowest BCUT2D eigenvalue weighted by Crippen LogP contribution is -2.14. The first-order valence-electron chi connectivity index (χ1n) is 8.39. The van der Waals surface area contributed by atoms with Crippen LogP contribution in [0, 0.1) is 0 Å². The molecule has 0 saturated heterocycles. The van der Waals surface area contributed by atoms with Crippen LogP contribution in [0.5, 0.6) is 5.75 Å². The number of ether oxygens (including phenoxy) is 2. The predicted molar refractivity (Wildman–Crippen MR) is 101 cm³/mol. The number of hydrogen-bond donors (Lipinski definition) is 1. The molecule has 3 aromatic rings. The molecule has 2 aromatic carbocycles. The Hall–Kier alpha value is -2.84. The van der Waals surface area contributed by atoms with Crippen molar-refractivity contribution in [2.75, 3.05) is 13.2 Å². The second-order valence-corrected chi connectivity index (χ2v) is 7.46. The maximum Gasteiger partial charge on any atom is 0.307 e. The number of primary sulfonamides is 1. The van der Waals surface area contributed by atoms with Crippen molar-refractivity contribution in [1.82, 2.24) is 4.57 Å². The molecular formula is C19H20N2O5S. The van der Waals surface area contributed by atoms with Crippen molar-refractivity contribution < 1.29 is 22.7 Å². The third-order valence-electron chi connectivity index (χ3n) is 4.00. The third kappa shape index (κ3) is 5.08. The normalized spacial score (nSPS) is 11.4. The van der Waals surface area contributed by atoms with Crippen LogP contribution in [0.15, 0.2) is 65.7 Å². The molecule has 3 rings (SSSR count). The van der Waals surface area contributed by atoms with Gasteiger partial charge in [0.25, 0.3) is 0 Å². The van der Waals surface area contributed by atoms with E-state index in [0.717, 1.165) is 10.9 Å². The minimum absolute atomic E-state index is 0.0128. The molecule has 7 nitrogen and oxygen atoms in total. The quantitative estimate of drug-likeness (QED) is 0.471. The van der Waals surface area contributed by atoms with Gasteiger partial charge in [0, 0.05) is 18.3 Å². The number of carbonyl (C=O) groups is 1. The number of hydrogen-bond acceptors (Lipinski definition) is 5. The smallest absolute Gasteiger partial charge is 0.307 e. The Morgan fingerprint density at radius 1 is 1.00 bits per heavy atom. The lowest BCUT2D eigenvalue weighted by atomic mass is 10.2. The zero-order valence-corrected chi connectivity index (χ0v) is 15.4. The van der Waals surface area contributed by atoms with Crippen molar-refractivity contribution in [2.45, 2.75) is 17.9 Å². The molecule has 0 fully saturated rings. The summed E-state index contributed by atoms with van der Waals surface area (Å²) in [7, 11) is -3.72. The SMILES string of the molecule is NS(=O)(=O)c1ccc(OCCOC(=O)CCn2ccc3ccccc32)cc1. The number of sulfonamides is 1. The number of fused-ring (bicyclic) bond motifs is 1. The van der Waals surface area contributed by atoms with Gasteiger partial charge in [0.15, 0.2) is 0 Å². The molecule has 142 valence electrons. The van der Waals surface area contributed by atoms with E-state index in [1.807, 2.05) is 41.1 Å². The van der Waals surface area contributed by atoms with Crippen LogP contribution in [0.25, 0.3) is 10.9 Å². The van der Waals surface area contributed by atoms with Gasteiger partial charge in [-0.15, -0.1) is 0 Å². The highest BCUT2D eigenvalue weighted by molar-refractivity contribution is 7.89. The molecule has 0 radical (unpaired) electrons. The zero-order chi connectivity index (χ0) is 19.3. The Balaban J connectivity index is 1.39. The Kier molecular flexibility index (Phi) is 5.78.